The van der Waals surface area contributed by atoms with Crippen LogP contribution in [-0.2, 0) is 12.8 Å². The molecule has 1 N–H and O–H groups in total. The minimum absolute atomic E-state index is 0.247. The lowest BCUT2D eigenvalue weighted by Gasteiger charge is -2.18. The number of fused-ring (bicyclic) bond motifs is 1. The highest BCUT2D eigenvalue weighted by Gasteiger charge is 2.28. The van der Waals surface area contributed by atoms with E-state index in [2.05, 4.69) is 36.4 Å². The van der Waals surface area contributed by atoms with Gasteiger partial charge in [0.25, 0.3) is 5.91 Å². The van der Waals surface area contributed by atoms with Gasteiger partial charge in [0.05, 0.1) is 24.5 Å². The van der Waals surface area contributed by atoms with Gasteiger partial charge in [0, 0.05) is 17.0 Å². The van der Waals surface area contributed by atoms with Crippen molar-refractivity contribution in [3.63, 3.8) is 0 Å². The number of anilines is 1. The van der Waals surface area contributed by atoms with E-state index < -0.39 is 0 Å². The zero-order valence-corrected chi connectivity index (χ0v) is 19.6. The van der Waals surface area contributed by atoms with Crippen molar-refractivity contribution in [3.05, 3.63) is 40.8 Å². The molecule has 0 radical (unpaired) electrons. The van der Waals surface area contributed by atoms with Gasteiger partial charge in [-0.25, -0.2) is 0 Å². The number of carbonyl (C=O) groups is 1. The minimum atomic E-state index is -0.247. The number of hydrogen-bond acceptors (Lipinski definition) is 10. The molecule has 1 aliphatic rings. The molecule has 176 valence electrons. The number of tetrazole rings is 2. The van der Waals surface area contributed by atoms with Gasteiger partial charge in [-0.2, -0.15) is 9.36 Å². The van der Waals surface area contributed by atoms with E-state index in [1.165, 1.54) is 22.2 Å². The summed E-state index contributed by atoms with van der Waals surface area (Å²) in [6.07, 6.45) is 6.92. The first-order valence-electron chi connectivity index (χ1n) is 11.1. The van der Waals surface area contributed by atoms with Crippen molar-refractivity contribution in [1.82, 2.24) is 40.4 Å². The van der Waals surface area contributed by atoms with E-state index in [-0.39, 0.29) is 5.91 Å². The molecule has 0 saturated carbocycles. The number of ether oxygens (including phenoxy) is 2. The van der Waals surface area contributed by atoms with Crippen molar-refractivity contribution < 1.29 is 14.3 Å². The average Bonchev–Trinajstić information content (AvgIpc) is 3.61. The van der Waals surface area contributed by atoms with Crippen LogP contribution in [0.3, 0.4) is 0 Å². The van der Waals surface area contributed by atoms with E-state index in [4.69, 9.17) is 9.47 Å². The van der Waals surface area contributed by atoms with E-state index in [0.29, 0.717) is 46.7 Å². The van der Waals surface area contributed by atoms with Gasteiger partial charge < -0.3 is 14.8 Å². The van der Waals surface area contributed by atoms with E-state index in [0.717, 1.165) is 31.2 Å². The van der Waals surface area contributed by atoms with Gasteiger partial charge >= 0.3 is 0 Å². The molecule has 1 aliphatic carbocycles. The van der Waals surface area contributed by atoms with Crippen LogP contribution in [0, 0.1) is 0 Å². The van der Waals surface area contributed by atoms with Crippen LogP contribution in [0.1, 0.15) is 47.5 Å². The van der Waals surface area contributed by atoms with Crippen LogP contribution >= 0.6 is 11.3 Å². The summed E-state index contributed by atoms with van der Waals surface area (Å²) in [6, 6.07) is 3.49. The Labute approximate surface area is 198 Å². The number of thiophene rings is 1. The van der Waals surface area contributed by atoms with Gasteiger partial charge in [-0.3, -0.25) is 4.79 Å². The molecule has 0 atom stereocenters. The lowest BCUT2D eigenvalue weighted by molar-refractivity contribution is 0.102. The first kappa shape index (κ1) is 21.9. The Balaban J connectivity index is 1.56. The predicted octanol–water partition coefficient (Wildman–Crippen LogP) is 2.63. The molecule has 1 aromatic carbocycles. The Morgan fingerprint density at radius 3 is 2.41 bits per heavy atom. The fourth-order valence-corrected chi connectivity index (χ4v) is 5.33. The van der Waals surface area contributed by atoms with Crippen LogP contribution in [0.5, 0.6) is 11.5 Å². The predicted molar refractivity (Wildman–Crippen MR) is 123 cm³/mol. The number of aryl methyl sites for hydroxylation is 1. The number of nitrogens with zero attached hydrogens (tertiary/aromatic N) is 8. The number of hydrogen-bond donors (Lipinski definition) is 1. The molecular weight excluding hydrogens is 458 g/mol. The SMILES string of the molecule is CCOc1cc(-n2cnnn2)c(OCC)cc1NC(=O)c1c(-n2cnnn2)sc2c1CCCC2. The van der Waals surface area contributed by atoms with E-state index >= 15 is 0 Å². The zero-order valence-electron chi connectivity index (χ0n) is 18.8. The van der Waals surface area contributed by atoms with Crippen LogP contribution in [0.4, 0.5) is 5.69 Å². The molecule has 0 unspecified atom stereocenters. The second kappa shape index (κ2) is 9.55. The highest BCUT2D eigenvalue weighted by Crippen LogP contribution is 2.39. The topological polar surface area (TPSA) is 135 Å². The van der Waals surface area contributed by atoms with Crippen LogP contribution < -0.4 is 14.8 Å². The Kier molecular flexibility index (Phi) is 6.16. The maximum absolute atomic E-state index is 13.7. The third-order valence-electron chi connectivity index (χ3n) is 5.44. The maximum atomic E-state index is 13.7. The number of benzene rings is 1. The maximum Gasteiger partial charge on any atom is 0.259 e. The fraction of sp³-hybridized carbons (Fsp3) is 0.381. The number of rotatable bonds is 8. The second-order valence-electron chi connectivity index (χ2n) is 7.54. The third-order valence-corrected chi connectivity index (χ3v) is 6.72. The van der Waals surface area contributed by atoms with Gasteiger partial charge in [-0.15, -0.1) is 21.5 Å². The summed E-state index contributed by atoms with van der Waals surface area (Å²) < 4.78 is 14.7. The standard InChI is InChI=1S/C21H23N9O3S/c1-3-32-16-10-15(29-11-22-25-27-29)17(33-4-2)9-14(16)24-20(31)19-13-7-5-6-8-18(13)34-21(19)30-12-23-26-28-30/h9-12H,3-8H2,1-2H3,(H,24,31). The van der Waals surface area contributed by atoms with E-state index in [1.807, 2.05) is 13.8 Å². The van der Waals surface area contributed by atoms with Gasteiger partial charge in [-0.05, 0) is 65.9 Å². The number of amides is 1. The monoisotopic (exact) mass is 481 g/mol. The summed E-state index contributed by atoms with van der Waals surface area (Å²) in [6.45, 7) is 4.60. The molecule has 3 heterocycles. The summed E-state index contributed by atoms with van der Waals surface area (Å²) in [7, 11) is 0. The van der Waals surface area contributed by atoms with Crippen molar-refractivity contribution in [1.29, 1.82) is 0 Å². The summed E-state index contributed by atoms with van der Waals surface area (Å²) in [5.74, 6) is 0.753. The highest BCUT2D eigenvalue weighted by atomic mass is 32.1. The lowest BCUT2D eigenvalue weighted by Crippen LogP contribution is -2.18. The molecule has 3 aromatic heterocycles. The van der Waals surface area contributed by atoms with Crippen molar-refractivity contribution in [3.8, 4) is 22.2 Å². The molecule has 1 amide bonds. The summed E-state index contributed by atoms with van der Waals surface area (Å²) >= 11 is 1.56. The van der Waals surface area contributed by atoms with Gasteiger partial charge in [-0.1, -0.05) is 0 Å². The molecule has 4 aromatic rings. The molecule has 0 saturated heterocycles. The number of carbonyl (C=O) groups excluding carboxylic acids is 1. The van der Waals surface area contributed by atoms with Crippen LogP contribution in [0.25, 0.3) is 10.7 Å². The summed E-state index contributed by atoms with van der Waals surface area (Å²) in [5, 5.41) is 26.6. The van der Waals surface area contributed by atoms with Crippen LogP contribution in [0.2, 0.25) is 0 Å². The second-order valence-corrected chi connectivity index (χ2v) is 8.62. The lowest BCUT2D eigenvalue weighted by atomic mass is 9.95. The van der Waals surface area contributed by atoms with Crippen molar-refractivity contribution in [2.75, 3.05) is 18.5 Å². The Morgan fingerprint density at radius 2 is 1.71 bits per heavy atom. The third kappa shape index (κ3) is 4.09. The Hall–Kier alpha value is -3.87. The number of aromatic nitrogens is 8. The molecule has 0 aliphatic heterocycles. The smallest absolute Gasteiger partial charge is 0.259 e. The first-order valence-corrected chi connectivity index (χ1v) is 11.9. The molecule has 0 bridgehead atoms. The van der Waals surface area contributed by atoms with Crippen LogP contribution in [0.15, 0.2) is 24.8 Å². The average molecular weight is 482 g/mol. The van der Waals surface area contributed by atoms with Gasteiger partial charge in [0.2, 0.25) is 0 Å². The molecule has 13 heteroatoms. The van der Waals surface area contributed by atoms with Crippen molar-refractivity contribution in [2.24, 2.45) is 0 Å². The fourth-order valence-electron chi connectivity index (χ4n) is 4.03. The van der Waals surface area contributed by atoms with Crippen molar-refractivity contribution in [2.45, 2.75) is 39.5 Å². The molecule has 12 nitrogen and oxygen atoms in total. The molecular formula is C21H23N9O3S. The Morgan fingerprint density at radius 1 is 1.00 bits per heavy atom. The van der Waals surface area contributed by atoms with E-state index in [1.54, 1.807) is 28.2 Å². The largest absolute Gasteiger partial charge is 0.492 e. The normalized spacial score (nSPS) is 12.9. The summed E-state index contributed by atoms with van der Waals surface area (Å²) in [5.41, 5.74) is 2.76. The number of nitrogens with one attached hydrogen (secondary N) is 1. The minimum Gasteiger partial charge on any atom is -0.492 e. The molecule has 0 spiro atoms. The summed E-state index contributed by atoms with van der Waals surface area (Å²) in [4.78, 5) is 14.9. The van der Waals surface area contributed by atoms with E-state index in [9.17, 15) is 4.79 Å². The highest BCUT2D eigenvalue weighted by molar-refractivity contribution is 7.15. The van der Waals surface area contributed by atoms with Gasteiger partial charge in [0.1, 0.15) is 34.8 Å². The van der Waals surface area contributed by atoms with Crippen LogP contribution in [-0.4, -0.2) is 59.5 Å². The molecule has 34 heavy (non-hydrogen) atoms. The van der Waals surface area contributed by atoms with Gasteiger partial charge in [0.15, 0.2) is 0 Å². The quantitative estimate of drug-likeness (QED) is 0.403. The zero-order chi connectivity index (χ0) is 23.5. The first-order chi connectivity index (χ1) is 16.7. The molecule has 5 rings (SSSR count). The molecule has 0 fully saturated rings. The Bertz CT molecular complexity index is 1290. The van der Waals surface area contributed by atoms with Crippen molar-refractivity contribution >= 4 is 22.9 Å².